The third-order valence-electron chi connectivity index (χ3n) is 4.05. The van der Waals surface area contributed by atoms with Gasteiger partial charge in [0.05, 0.1) is 10.9 Å². The first-order valence-electron chi connectivity index (χ1n) is 8.51. The number of carbonyl (C=O) groups excluding carboxylic acids is 2. The van der Waals surface area contributed by atoms with Crippen molar-refractivity contribution in [3.8, 4) is 0 Å². The summed E-state index contributed by atoms with van der Waals surface area (Å²) < 4.78 is 5.35. The average molecular weight is 365 g/mol. The maximum Gasteiger partial charge on any atom is 0.329 e. The van der Waals surface area contributed by atoms with Crippen LogP contribution >= 0.6 is 0 Å². The van der Waals surface area contributed by atoms with Crippen LogP contribution in [0.15, 0.2) is 59.4 Å². The maximum atomic E-state index is 12.3. The predicted octanol–water partition coefficient (Wildman–Crippen LogP) is 2.35. The van der Waals surface area contributed by atoms with Gasteiger partial charge in [-0.1, -0.05) is 30.3 Å². The first kappa shape index (κ1) is 18.3. The van der Waals surface area contributed by atoms with E-state index in [4.69, 9.17) is 4.74 Å². The van der Waals surface area contributed by atoms with Crippen LogP contribution in [0.2, 0.25) is 0 Å². The smallest absolute Gasteiger partial charge is 0.329 e. The highest BCUT2D eigenvalue weighted by Crippen LogP contribution is 2.15. The summed E-state index contributed by atoms with van der Waals surface area (Å²) in [6.45, 7) is 3.14. The number of esters is 1. The molecule has 0 aliphatic heterocycles. The Hall–Kier alpha value is -3.48. The van der Waals surface area contributed by atoms with Crippen molar-refractivity contribution in [1.82, 2.24) is 15.3 Å². The van der Waals surface area contributed by atoms with Gasteiger partial charge in [0.2, 0.25) is 0 Å². The van der Waals surface area contributed by atoms with Gasteiger partial charge >= 0.3 is 5.97 Å². The third-order valence-corrected chi connectivity index (χ3v) is 4.05. The summed E-state index contributed by atoms with van der Waals surface area (Å²) in [6, 6.07) is 14.6. The van der Waals surface area contributed by atoms with E-state index in [0.717, 1.165) is 0 Å². The normalized spacial score (nSPS) is 13.0. The Bertz CT molecular complexity index is 1030. The summed E-state index contributed by atoms with van der Waals surface area (Å²) >= 11 is 0. The summed E-state index contributed by atoms with van der Waals surface area (Å²) in [4.78, 5) is 43.5. The van der Waals surface area contributed by atoms with E-state index in [1.807, 2.05) is 0 Å². The van der Waals surface area contributed by atoms with E-state index in [2.05, 4.69) is 15.3 Å². The molecule has 138 valence electrons. The highest BCUT2D eigenvalue weighted by molar-refractivity contribution is 5.96. The van der Waals surface area contributed by atoms with Gasteiger partial charge in [0.1, 0.15) is 6.04 Å². The van der Waals surface area contributed by atoms with Crippen molar-refractivity contribution in [2.75, 3.05) is 0 Å². The Labute approximate surface area is 155 Å². The molecule has 3 aromatic rings. The molecule has 0 saturated carbocycles. The van der Waals surface area contributed by atoms with E-state index in [1.165, 1.54) is 6.92 Å². The minimum atomic E-state index is -0.854. The SMILES string of the molecule is C[C@H](NC(=O)c1ccccc1)C(=O)O[C@H](C)c1nc2ccccc2c(=O)[nH]1. The summed E-state index contributed by atoms with van der Waals surface area (Å²) in [5.41, 5.74) is 0.666. The van der Waals surface area contributed by atoms with Crippen LogP contribution in [0.1, 0.15) is 36.1 Å². The number of amides is 1. The Kier molecular flexibility index (Phi) is 5.30. The van der Waals surface area contributed by atoms with Crippen LogP contribution in [0.25, 0.3) is 10.9 Å². The zero-order chi connectivity index (χ0) is 19.4. The Morgan fingerprint density at radius 3 is 2.44 bits per heavy atom. The maximum absolute atomic E-state index is 12.3. The van der Waals surface area contributed by atoms with Crippen LogP contribution in [0.3, 0.4) is 0 Å². The molecule has 2 atom stereocenters. The molecule has 0 spiro atoms. The van der Waals surface area contributed by atoms with Gasteiger partial charge in [-0.2, -0.15) is 0 Å². The van der Waals surface area contributed by atoms with Crippen LogP contribution in [0, 0.1) is 0 Å². The van der Waals surface area contributed by atoms with E-state index in [0.29, 0.717) is 16.5 Å². The Balaban J connectivity index is 1.68. The highest BCUT2D eigenvalue weighted by Gasteiger charge is 2.22. The second kappa shape index (κ2) is 7.82. The number of nitrogens with one attached hydrogen (secondary N) is 2. The van der Waals surface area contributed by atoms with Crippen molar-refractivity contribution in [1.29, 1.82) is 0 Å². The lowest BCUT2D eigenvalue weighted by molar-refractivity contribution is -0.150. The van der Waals surface area contributed by atoms with Gasteiger partial charge in [-0.25, -0.2) is 9.78 Å². The zero-order valence-corrected chi connectivity index (χ0v) is 14.9. The lowest BCUT2D eigenvalue weighted by Crippen LogP contribution is -2.40. The summed E-state index contributed by atoms with van der Waals surface area (Å²) in [5, 5.41) is 3.05. The molecule has 0 radical (unpaired) electrons. The molecule has 0 bridgehead atoms. The van der Waals surface area contributed by atoms with Crippen LogP contribution in [0.4, 0.5) is 0 Å². The van der Waals surface area contributed by atoms with Crippen molar-refractivity contribution >= 4 is 22.8 Å². The van der Waals surface area contributed by atoms with Crippen molar-refractivity contribution in [2.45, 2.75) is 26.0 Å². The fourth-order valence-corrected chi connectivity index (χ4v) is 2.56. The number of hydrogen-bond donors (Lipinski definition) is 2. The lowest BCUT2D eigenvalue weighted by atomic mass is 10.2. The van der Waals surface area contributed by atoms with E-state index >= 15 is 0 Å². The number of rotatable bonds is 5. The van der Waals surface area contributed by atoms with Crippen molar-refractivity contribution < 1.29 is 14.3 Å². The monoisotopic (exact) mass is 365 g/mol. The standard InChI is InChI=1S/C20H19N3O4/c1-12(21-18(24)14-8-4-3-5-9-14)20(26)27-13(2)17-22-16-11-7-6-10-15(16)19(25)23-17/h3-13H,1-2H3,(H,21,24)(H,22,23,25)/t12-,13+/m0/s1. The summed E-state index contributed by atoms with van der Waals surface area (Å²) in [5.74, 6) is -0.749. The van der Waals surface area contributed by atoms with Gasteiger partial charge in [0.25, 0.3) is 11.5 Å². The molecule has 0 aliphatic rings. The molecule has 2 aromatic carbocycles. The molecular formula is C20H19N3O4. The van der Waals surface area contributed by atoms with Crippen LogP contribution < -0.4 is 10.9 Å². The number of nitrogens with zero attached hydrogens (tertiary/aromatic N) is 1. The van der Waals surface area contributed by atoms with E-state index in [1.54, 1.807) is 61.5 Å². The van der Waals surface area contributed by atoms with Gasteiger partial charge in [-0.05, 0) is 38.1 Å². The molecule has 0 saturated heterocycles. The number of para-hydroxylation sites is 1. The van der Waals surface area contributed by atoms with Gasteiger partial charge in [0.15, 0.2) is 11.9 Å². The molecule has 1 heterocycles. The van der Waals surface area contributed by atoms with E-state index in [-0.39, 0.29) is 17.3 Å². The molecule has 0 unspecified atom stereocenters. The fraction of sp³-hybridized carbons (Fsp3) is 0.200. The lowest BCUT2D eigenvalue weighted by Gasteiger charge is -2.17. The van der Waals surface area contributed by atoms with E-state index < -0.39 is 18.1 Å². The third kappa shape index (κ3) is 4.20. The van der Waals surface area contributed by atoms with Crippen LogP contribution in [-0.2, 0) is 9.53 Å². The number of aromatic nitrogens is 2. The van der Waals surface area contributed by atoms with Crippen molar-refractivity contribution in [2.24, 2.45) is 0 Å². The highest BCUT2D eigenvalue weighted by atomic mass is 16.5. The van der Waals surface area contributed by atoms with Crippen LogP contribution in [0.5, 0.6) is 0 Å². The first-order chi connectivity index (χ1) is 13.0. The second-order valence-corrected chi connectivity index (χ2v) is 6.11. The minimum Gasteiger partial charge on any atom is -0.453 e. The number of benzene rings is 2. The van der Waals surface area contributed by atoms with Crippen LogP contribution in [-0.4, -0.2) is 27.9 Å². The largest absolute Gasteiger partial charge is 0.453 e. The number of hydrogen-bond acceptors (Lipinski definition) is 5. The molecule has 2 N–H and O–H groups in total. The predicted molar refractivity (Wildman–Crippen MR) is 100 cm³/mol. The molecule has 7 heteroatoms. The fourth-order valence-electron chi connectivity index (χ4n) is 2.56. The molecule has 27 heavy (non-hydrogen) atoms. The Morgan fingerprint density at radius 2 is 1.70 bits per heavy atom. The number of H-pyrrole nitrogens is 1. The van der Waals surface area contributed by atoms with Gasteiger partial charge in [-0.3, -0.25) is 9.59 Å². The second-order valence-electron chi connectivity index (χ2n) is 6.11. The molecule has 7 nitrogen and oxygen atoms in total. The topological polar surface area (TPSA) is 101 Å². The minimum absolute atomic E-state index is 0.244. The quantitative estimate of drug-likeness (QED) is 0.676. The number of fused-ring (bicyclic) bond motifs is 1. The number of carbonyl (C=O) groups is 2. The summed E-state index contributed by atoms with van der Waals surface area (Å²) in [7, 11) is 0. The van der Waals surface area contributed by atoms with Crippen molar-refractivity contribution in [3.05, 3.63) is 76.3 Å². The first-order valence-corrected chi connectivity index (χ1v) is 8.51. The molecule has 1 aromatic heterocycles. The average Bonchev–Trinajstić information content (AvgIpc) is 2.68. The van der Waals surface area contributed by atoms with Gasteiger partial charge in [0, 0.05) is 5.56 Å². The molecular weight excluding hydrogens is 346 g/mol. The molecule has 0 aliphatic carbocycles. The Morgan fingerprint density at radius 1 is 1.04 bits per heavy atom. The zero-order valence-electron chi connectivity index (χ0n) is 14.9. The molecule has 3 rings (SSSR count). The summed E-state index contributed by atoms with van der Waals surface area (Å²) in [6.07, 6.45) is -0.772. The van der Waals surface area contributed by atoms with Crippen molar-refractivity contribution in [3.63, 3.8) is 0 Å². The molecule has 0 fully saturated rings. The molecule has 1 amide bonds. The number of ether oxygens (including phenoxy) is 1. The number of aromatic amines is 1. The van der Waals surface area contributed by atoms with E-state index in [9.17, 15) is 14.4 Å². The van der Waals surface area contributed by atoms with Gasteiger partial charge < -0.3 is 15.0 Å². The van der Waals surface area contributed by atoms with Gasteiger partial charge in [-0.15, -0.1) is 0 Å².